The standard InChI is InChI=1S/C21H26N2O2S/c24-15-8-10-21(11-9-15,14-23-20(25)18-6-3-4-12-22-18)17-13-26-19-7-2-1-5-16(17)19/h1-7,12,15-17,19,24H,8-11,13-14H2,(H,23,25)/t15-,16?,17?,19?,21-. The molecule has 2 heterocycles. The number of rotatable bonds is 4. The Morgan fingerprint density at radius 1 is 1.27 bits per heavy atom. The van der Waals surface area contributed by atoms with Gasteiger partial charge in [0.05, 0.1) is 6.10 Å². The largest absolute Gasteiger partial charge is 0.393 e. The van der Waals surface area contributed by atoms with Crippen molar-refractivity contribution in [1.82, 2.24) is 10.3 Å². The summed E-state index contributed by atoms with van der Waals surface area (Å²) in [6.45, 7) is 0.668. The van der Waals surface area contributed by atoms with Crippen LogP contribution in [0.3, 0.4) is 0 Å². The van der Waals surface area contributed by atoms with E-state index in [-0.39, 0.29) is 17.4 Å². The summed E-state index contributed by atoms with van der Waals surface area (Å²) in [4.78, 5) is 16.7. The highest BCUT2D eigenvalue weighted by molar-refractivity contribution is 8.00. The number of thioether (sulfide) groups is 1. The van der Waals surface area contributed by atoms with Gasteiger partial charge in [0.25, 0.3) is 5.91 Å². The van der Waals surface area contributed by atoms with Crippen molar-refractivity contribution in [2.24, 2.45) is 17.3 Å². The van der Waals surface area contributed by atoms with Crippen molar-refractivity contribution in [2.75, 3.05) is 12.3 Å². The van der Waals surface area contributed by atoms with Crippen LogP contribution in [0.25, 0.3) is 0 Å². The molecule has 0 spiro atoms. The minimum atomic E-state index is -0.193. The second-order valence-corrected chi connectivity index (χ2v) is 8.95. The van der Waals surface area contributed by atoms with Crippen LogP contribution < -0.4 is 5.32 Å². The molecule has 3 atom stereocenters. The molecule has 5 heteroatoms. The van der Waals surface area contributed by atoms with Crippen LogP contribution in [0.2, 0.25) is 0 Å². The SMILES string of the molecule is O=C(NC[C@]1(C2CSC3C=CC=CC32)CC[C@H](O)CC1)c1ccccn1. The monoisotopic (exact) mass is 370 g/mol. The summed E-state index contributed by atoms with van der Waals surface area (Å²) in [5.74, 6) is 2.10. The van der Waals surface area contributed by atoms with Crippen molar-refractivity contribution in [3.05, 3.63) is 54.4 Å². The van der Waals surface area contributed by atoms with E-state index in [1.165, 1.54) is 0 Å². The lowest BCUT2D eigenvalue weighted by molar-refractivity contribution is 0.0215. The molecule has 26 heavy (non-hydrogen) atoms. The summed E-state index contributed by atoms with van der Waals surface area (Å²) in [6.07, 6.45) is 14.0. The highest BCUT2D eigenvalue weighted by Gasteiger charge is 2.49. The fraction of sp³-hybridized carbons (Fsp3) is 0.524. The van der Waals surface area contributed by atoms with E-state index in [4.69, 9.17) is 0 Å². The number of aromatic nitrogens is 1. The number of nitrogens with one attached hydrogen (secondary N) is 1. The zero-order valence-electron chi connectivity index (χ0n) is 14.9. The number of aliphatic hydroxyl groups is 1. The number of pyridine rings is 1. The summed E-state index contributed by atoms with van der Waals surface area (Å²) < 4.78 is 0. The first-order chi connectivity index (χ1) is 12.7. The van der Waals surface area contributed by atoms with Crippen molar-refractivity contribution < 1.29 is 9.90 Å². The highest BCUT2D eigenvalue weighted by Crippen LogP contribution is 2.53. The van der Waals surface area contributed by atoms with E-state index in [0.717, 1.165) is 31.4 Å². The maximum Gasteiger partial charge on any atom is 0.269 e. The van der Waals surface area contributed by atoms with Gasteiger partial charge in [-0.1, -0.05) is 30.4 Å². The minimum absolute atomic E-state index is 0.0611. The Balaban J connectivity index is 1.52. The fourth-order valence-corrected chi connectivity index (χ4v) is 6.45. The maximum absolute atomic E-state index is 12.5. The van der Waals surface area contributed by atoms with E-state index in [1.54, 1.807) is 12.3 Å². The lowest BCUT2D eigenvalue weighted by Crippen LogP contribution is -2.48. The van der Waals surface area contributed by atoms with Gasteiger partial charge >= 0.3 is 0 Å². The molecule has 138 valence electrons. The van der Waals surface area contributed by atoms with Crippen LogP contribution >= 0.6 is 11.8 Å². The molecule has 1 saturated carbocycles. The Labute approximate surface area is 159 Å². The molecule has 1 amide bonds. The zero-order chi connectivity index (χ0) is 18.0. The Morgan fingerprint density at radius 3 is 2.85 bits per heavy atom. The molecule has 0 radical (unpaired) electrons. The third-order valence-corrected chi connectivity index (χ3v) is 7.70. The lowest BCUT2D eigenvalue weighted by Gasteiger charge is -2.45. The van der Waals surface area contributed by atoms with Crippen molar-refractivity contribution in [3.63, 3.8) is 0 Å². The molecule has 4 rings (SSSR count). The topological polar surface area (TPSA) is 62.2 Å². The van der Waals surface area contributed by atoms with E-state index >= 15 is 0 Å². The molecule has 1 aromatic rings. The van der Waals surface area contributed by atoms with Crippen LogP contribution in [-0.4, -0.2) is 39.6 Å². The molecular formula is C21H26N2O2S. The van der Waals surface area contributed by atoms with Gasteiger partial charge < -0.3 is 10.4 Å². The third-order valence-electron chi connectivity index (χ3n) is 6.29. The van der Waals surface area contributed by atoms with Crippen LogP contribution in [0.4, 0.5) is 0 Å². The van der Waals surface area contributed by atoms with Crippen LogP contribution in [0.1, 0.15) is 36.2 Å². The normalized spacial score (nSPS) is 35.9. The number of nitrogens with zero attached hydrogens (tertiary/aromatic N) is 1. The number of hydrogen-bond acceptors (Lipinski definition) is 4. The van der Waals surface area contributed by atoms with Crippen LogP contribution in [-0.2, 0) is 0 Å². The average Bonchev–Trinajstić information content (AvgIpc) is 3.13. The molecule has 3 unspecified atom stereocenters. The summed E-state index contributed by atoms with van der Waals surface area (Å²) in [5.41, 5.74) is 0.531. The van der Waals surface area contributed by atoms with Gasteiger partial charge in [-0.25, -0.2) is 0 Å². The molecule has 2 N–H and O–H groups in total. The fourth-order valence-electron chi connectivity index (χ4n) is 4.74. The van der Waals surface area contributed by atoms with Crippen molar-refractivity contribution in [3.8, 4) is 0 Å². The quantitative estimate of drug-likeness (QED) is 0.854. The number of carbonyl (C=O) groups is 1. The van der Waals surface area contributed by atoms with Crippen molar-refractivity contribution in [1.29, 1.82) is 0 Å². The summed E-state index contributed by atoms with van der Waals surface area (Å²) in [6, 6.07) is 5.41. The van der Waals surface area contributed by atoms with Gasteiger partial charge in [-0.3, -0.25) is 9.78 Å². The first-order valence-corrected chi connectivity index (χ1v) is 10.6. The Kier molecular flexibility index (Phi) is 5.18. The number of amides is 1. The second-order valence-electron chi connectivity index (χ2n) is 7.74. The molecule has 4 nitrogen and oxygen atoms in total. The molecular weight excluding hydrogens is 344 g/mol. The lowest BCUT2D eigenvalue weighted by atomic mass is 9.61. The van der Waals surface area contributed by atoms with Crippen molar-refractivity contribution >= 4 is 17.7 Å². The minimum Gasteiger partial charge on any atom is -0.393 e. The average molecular weight is 371 g/mol. The predicted octanol–water partition coefficient (Wildman–Crippen LogP) is 3.21. The number of hydrogen-bond donors (Lipinski definition) is 2. The highest BCUT2D eigenvalue weighted by atomic mass is 32.2. The number of carbonyl (C=O) groups excluding carboxylic acids is 1. The summed E-state index contributed by atoms with van der Waals surface area (Å²) >= 11 is 2.03. The molecule has 1 saturated heterocycles. The second kappa shape index (κ2) is 7.57. The van der Waals surface area contributed by atoms with E-state index in [0.29, 0.717) is 29.3 Å². The van der Waals surface area contributed by atoms with E-state index in [1.807, 2.05) is 23.9 Å². The van der Waals surface area contributed by atoms with Crippen LogP contribution in [0.15, 0.2) is 48.7 Å². The molecule has 1 aliphatic heterocycles. The molecule has 2 aliphatic carbocycles. The maximum atomic E-state index is 12.5. The Bertz CT molecular complexity index is 695. The van der Waals surface area contributed by atoms with Gasteiger partial charge in [0, 0.05) is 18.0 Å². The molecule has 2 fully saturated rings. The zero-order valence-corrected chi connectivity index (χ0v) is 15.7. The van der Waals surface area contributed by atoms with E-state index in [2.05, 4.69) is 34.6 Å². The number of allylic oxidation sites excluding steroid dienone is 3. The Morgan fingerprint density at radius 2 is 2.08 bits per heavy atom. The summed E-state index contributed by atoms with van der Waals surface area (Å²) in [5, 5.41) is 13.8. The smallest absolute Gasteiger partial charge is 0.269 e. The molecule has 3 aliphatic rings. The predicted molar refractivity (Wildman–Crippen MR) is 105 cm³/mol. The first kappa shape index (κ1) is 17.8. The van der Waals surface area contributed by atoms with Gasteiger partial charge in [-0.2, -0.15) is 11.8 Å². The van der Waals surface area contributed by atoms with Gasteiger partial charge in [0.15, 0.2) is 0 Å². The van der Waals surface area contributed by atoms with Crippen LogP contribution in [0.5, 0.6) is 0 Å². The van der Waals surface area contributed by atoms with Gasteiger partial charge in [0.2, 0.25) is 0 Å². The van der Waals surface area contributed by atoms with E-state index < -0.39 is 0 Å². The summed E-state index contributed by atoms with van der Waals surface area (Å²) in [7, 11) is 0. The van der Waals surface area contributed by atoms with Gasteiger partial charge in [-0.15, -0.1) is 0 Å². The van der Waals surface area contributed by atoms with Crippen molar-refractivity contribution in [2.45, 2.75) is 37.0 Å². The molecule has 0 bridgehead atoms. The number of aliphatic hydroxyl groups excluding tert-OH is 1. The van der Waals surface area contributed by atoms with Gasteiger partial charge in [0.1, 0.15) is 5.69 Å². The van der Waals surface area contributed by atoms with E-state index in [9.17, 15) is 9.90 Å². The molecule has 1 aromatic heterocycles. The molecule has 0 aromatic carbocycles. The first-order valence-electron chi connectivity index (χ1n) is 9.52. The number of fused-ring (bicyclic) bond motifs is 1. The van der Waals surface area contributed by atoms with Crippen LogP contribution in [0, 0.1) is 17.3 Å². The van der Waals surface area contributed by atoms with Gasteiger partial charge in [-0.05, 0) is 60.8 Å². The third kappa shape index (κ3) is 3.47. The Hall–Kier alpha value is -1.59.